The molecule has 128 valence electrons. The average molecular weight is 342 g/mol. The standard InChI is InChI=1S/C16H15FN6O2/c17-11-3-1-2-10(6-11)14-15(25)18-4-5-22(14)8-12-7-13(24)23-16(21-12)19-9-20-23/h1-3,6-7,9,14H,4-5,8H2,(H,18,25)(H,19,20,21)/t14-/m0/s1. The number of carbonyl (C=O) groups is 1. The second-order valence-electron chi connectivity index (χ2n) is 5.83. The molecule has 9 heteroatoms. The fourth-order valence-electron chi connectivity index (χ4n) is 3.08. The van der Waals surface area contributed by atoms with E-state index in [-0.39, 0.29) is 23.8 Å². The van der Waals surface area contributed by atoms with E-state index in [1.54, 1.807) is 12.1 Å². The number of H-pyrrole nitrogens is 1. The van der Waals surface area contributed by atoms with Crippen molar-refractivity contribution < 1.29 is 9.18 Å². The zero-order chi connectivity index (χ0) is 17.4. The maximum Gasteiger partial charge on any atom is 0.274 e. The van der Waals surface area contributed by atoms with Crippen molar-refractivity contribution in [3.63, 3.8) is 0 Å². The number of nitrogens with one attached hydrogen (secondary N) is 2. The molecule has 2 aromatic heterocycles. The molecule has 1 aliphatic heterocycles. The number of aromatic amines is 1. The number of piperazine rings is 1. The number of aromatic nitrogens is 4. The van der Waals surface area contributed by atoms with Crippen LogP contribution in [0.5, 0.6) is 0 Å². The predicted octanol–water partition coefficient (Wildman–Crippen LogP) is 0.230. The Hall–Kier alpha value is -3.07. The largest absolute Gasteiger partial charge is 0.353 e. The zero-order valence-corrected chi connectivity index (χ0v) is 13.1. The fourth-order valence-corrected chi connectivity index (χ4v) is 3.08. The molecule has 1 atom stereocenters. The minimum atomic E-state index is -0.635. The van der Waals surface area contributed by atoms with Crippen LogP contribution in [-0.2, 0) is 11.3 Å². The number of halogens is 1. The smallest absolute Gasteiger partial charge is 0.274 e. The molecule has 0 aliphatic carbocycles. The summed E-state index contributed by atoms with van der Waals surface area (Å²) in [5.74, 6) is -0.328. The van der Waals surface area contributed by atoms with Crippen molar-refractivity contribution in [2.24, 2.45) is 0 Å². The van der Waals surface area contributed by atoms with E-state index < -0.39 is 11.9 Å². The third kappa shape index (κ3) is 2.89. The molecule has 1 aromatic carbocycles. The zero-order valence-electron chi connectivity index (χ0n) is 13.1. The summed E-state index contributed by atoms with van der Waals surface area (Å²) in [4.78, 5) is 34.6. The topological polar surface area (TPSA) is 95.4 Å². The Balaban J connectivity index is 1.68. The molecule has 1 fully saturated rings. The molecule has 0 spiro atoms. The Morgan fingerprint density at radius 3 is 3.00 bits per heavy atom. The predicted molar refractivity (Wildman–Crippen MR) is 86.2 cm³/mol. The van der Waals surface area contributed by atoms with Gasteiger partial charge < -0.3 is 5.32 Å². The Bertz CT molecular complexity index is 997. The third-order valence-electron chi connectivity index (χ3n) is 4.16. The Morgan fingerprint density at radius 1 is 1.28 bits per heavy atom. The van der Waals surface area contributed by atoms with Gasteiger partial charge in [-0.1, -0.05) is 12.1 Å². The number of rotatable bonds is 3. The van der Waals surface area contributed by atoms with Gasteiger partial charge in [0, 0.05) is 25.7 Å². The van der Waals surface area contributed by atoms with Crippen molar-refractivity contribution in [3.8, 4) is 0 Å². The molecule has 3 aromatic rings. The first-order valence-electron chi connectivity index (χ1n) is 7.81. The molecule has 0 unspecified atom stereocenters. The summed E-state index contributed by atoms with van der Waals surface area (Å²) in [6, 6.07) is 6.74. The monoisotopic (exact) mass is 342 g/mol. The number of fused-ring (bicyclic) bond motifs is 1. The van der Waals surface area contributed by atoms with Gasteiger partial charge in [-0.15, -0.1) is 0 Å². The van der Waals surface area contributed by atoms with Crippen LogP contribution in [-0.4, -0.2) is 43.5 Å². The second kappa shape index (κ2) is 6.10. The van der Waals surface area contributed by atoms with E-state index in [1.807, 2.05) is 4.90 Å². The van der Waals surface area contributed by atoms with Gasteiger partial charge in [0.05, 0.1) is 5.69 Å². The number of nitrogens with zero attached hydrogens (tertiary/aromatic N) is 4. The summed E-state index contributed by atoms with van der Waals surface area (Å²) >= 11 is 0. The van der Waals surface area contributed by atoms with Crippen LogP contribution in [0, 0.1) is 5.82 Å². The Kier molecular flexibility index (Phi) is 3.77. The molecular weight excluding hydrogens is 327 g/mol. The molecule has 0 radical (unpaired) electrons. The van der Waals surface area contributed by atoms with Gasteiger partial charge in [-0.25, -0.2) is 14.4 Å². The summed E-state index contributed by atoms with van der Waals surface area (Å²) in [6.45, 7) is 1.33. The lowest BCUT2D eigenvalue weighted by atomic mass is 10.0. The first kappa shape index (κ1) is 15.5. The van der Waals surface area contributed by atoms with Crippen LogP contribution in [0.15, 0.2) is 41.5 Å². The van der Waals surface area contributed by atoms with Gasteiger partial charge in [-0.2, -0.15) is 4.52 Å². The van der Waals surface area contributed by atoms with E-state index >= 15 is 0 Å². The summed E-state index contributed by atoms with van der Waals surface area (Å²) < 4.78 is 14.8. The van der Waals surface area contributed by atoms with Crippen LogP contribution in [0.2, 0.25) is 0 Å². The quantitative estimate of drug-likeness (QED) is 0.710. The van der Waals surface area contributed by atoms with Crippen molar-refractivity contribution in [1.82, 2.24) is 29.8 Å². The van der Waals surface area contributed by atoms with Gasteiger partial charge in [-0.3, -0.25) is 19.6 Å². The number of amides is 1. The first-order valence-corrected chi connectivity index (χ1v) is 7.81. The molecule has 0 bridgehead atoms. The van der Waals surface area contributed by atoms with Gasteiger partial charge in [0.15, 0.2) is 0 Å². The molecule has 1 saturated heterocycles. The van der Waals surface area contributed by atoms with Gasteiger partial charge in [-0.05, 0) is 17.7 Å². The summed E-state index contributed by atoms with van der Waals surface area (Å²) in [5, 5.41) is 5.47. The molecule has 0 saturated carbocycles. The van der Waals surface area contributed by atoms with Crippen LogP contribution < -0.4 is 10.9 Å². The maximum atomic E-state index is 13.6. The lowest BCUT2D eigenvalue weighted by Crippen LogP contribution is -2.49. The van der Waals surface area contributed by atoms with Gasteiger partial charge in [0.25, 0.3) is 11.3 Å². The summed E-state index contributed by atoms with van der Waals surface area (Å²) in [5.41, 5.74) is 0.796. The van der Waals surface area contributed by atoms with Crippen molar-refractivity contribution in [1.29, 1.82) is 0 Å². The van der Waals surface area contributed by atoms with E-state index in [0.717, 1.165) is 0 Å². The van der Waals surface area contributed by atoms with Crippen LogP contribution in [0.4, 0.5) is 4.39 Å². The minimum Gasteiger partial charge on any atom is -0.353 e. The molecule has 4 rings (SSSR count). The average Bonchev–Trinajstić information content (AvgIpc) is 3.04. The highest BCUT2D eigenvalue weighted by Crippen LogP contribution is 2.25. The van der Waals surface area contributed by atoms with Crippen LogP contribution in [0.3, 0.4) is 0 Å². The molecule has 1 aliphatic rings. The molecule has 2 N–H and O–H groups in total. The molecule has 25 heavy (non-hydrogen) atoms. The third-order valence-corrected chi connectivity index (χ3v) is 4.16. The van der Waals surface area contributed by atoms with Gasteiger partial charge in [0.1, 0.15) is 18.2 Å². The summed E-state index contributed by atoms with van der Waals surface area (Å²) in [6.07, 6.45) is 1.39. The lowest BCUT2D eigenvalue weighted by Gasteiger charge is -2.35. The van der Waals surface area contributed by atoms with E-state index in [0.29, 0.717) is 24.3 Å². The van der Waals surface area contributed by atoms with Crippen molar-refractivity contribution in [3.05, 3.63) is 64.1 Å². The minimum absolute atomic E-state index is 0.200. The van der Waals surface area contributed by atoms with Crippen LogP contribution in [0.1, 0.15) is 17.3 Å². The van der Waals surface area contributed by atoms with E-state index in [9.17, 15) is 14.0 Å². The molecular formula is C16H15FN6O2. The van der Waals surface area contributed by atoms with E-state index in [4.69, 9.17) is 0 Å². The van der Waals surface area contributed by atoms with Crippen molar-refractivity contribution in [2.75, 3.05) is 13.1 Å². The van der Waals surface area contributed by atoms with Gasteiger partial charge >= 0.3 is 0 Å². The van der Waals surface area contributed by atoms with E-state index in [2.05, 4.69) is 20.4 Å². The molecule has 8 nitrogen and oxygen atoms in total. The van der Waals surface area contributed by atoms with Crippen LogP contribution >= 0.6 is 0 Å². The van der Waals surface area contributed by atoms with Crippen molar-refractivity contribution in [2.45, 2.75) is 12.6 Å². The molecule has 3 heterocycles. The normalized spacial score (nSPS) is 18.4. The summed E-state index contributed by atoms with van der Waals surface area (Å²) in [7, 11) is 0. The van der Waals surface area contributed by atoms with Crippen molar-refractivity contribution >= 4 is 11.7 Å². The maximum absolute atomic E-state index is 13.6. The first-order chi connectivity index (χ1) is 12.1. The highest BCUT2D eigenvalue weighted by Gasteiger charge is 2.31. The second-order valence-corrected chi connectivity index (χ2v) is 5.83. The highest BCUT2D eigenvalue weighted by atomic mass is 19.1. The SMILES string of the molecule is O=C1NCCN(Cc2cc(=O)n3[nH]cnc3n2)[C@H]1c1cccc(F)c1. The lowest BCUT2D eigenvalue weighted by molar-refractivity contribution is -0.129. The highest BCUT2D eigenvalue weighted by molar-refractivity contribution is 5.83. The number of hydrogen-bond donors (Lipinski definition) is 2. The van der Waals surface area contributed by atoms with Gasteiger partial charge in [0.2, 0.25) is 5.91 Å². The Labute approximate surface area is 141 Å². The molecule has 1 amide bonds. The number of benzene rings is 1. The Morgan fingerprint density at radius 2 is 2.16 bits per heavy atom. The number of hydrogen-bond acceptors (Lipinski definition) is 5. The van der Waals surface area contributed by atoms with E-state index in [1.165, 1.54) is 29.0 Å². The van der Waals surface area contributed by atoms with Crippen LogP contribution in [0.25, 0.3) is 5.78 Å². The number of carbonyl (C=O) groups excluding carboxylic acids is 1. The fraction of sp³-hybridized carbons (Fsp3) is 0.250.